The van der Waals surface area contributed by atoms with Gasteiger partial charge in [0.05, 0.1) is 11.4 Å². The van der Waals surface area contributed by atoms with Crippen LogP contribution in [0.4, 0.5) is 17.1 Å². The third kappa shape index (κ3) is 3.21. The molecule has 1 aromatic carbocycles. The number of nitrogen functional groups attached to an aromatic ring is 3. The van der Waals surface area contributed by atoms with Crippen LogP contribution in [0.2, 0.25) is 0 Å². The highest BCUT2D eigenvalue weighted by Gasteiger charge is 2.05. The van der Waals surface area contributed by atoms with Crippen molar-refractivity contribution in [1.29, 1.82) is 0 Å². The Morgan fingerprint density at radius 1 is 1.20 bits per heavy atom. The topological polar surface area (TPSA) is 90.5 Å². The molecular weight excluding hydrogens is 192 g/mol. The summed E-state index contributed by atoms with van der Waals surface area (Å²) in [5.74, 6) is 0.550. The number of rotatable bonds is 4. The van der Waals surface area contributed by atoms with E-state index in [4.69, 9.17) is 21.9 Å². The minimum atomic E-state index is 0.447. The molecule has 5 heteroatoms. The van der Waals surface area contributed by atoms with Crippen LogP contribution in [0.5, 0.6) is 5.75 Å². The van der Waals surface area contributed by atoms with E-state index < -0.39 is 0 Å². The Labute approximate surface area is 89.8 Å². The van der Waals surface area contributed by atoms with Crippen molar-refractivity contribution in [3.05, 3.63) is 12.1 Å². The van der Waals surface area contributed by atoms with Gasteiger partial charge >= 0.3 is 0 Å². The SMILES string of the molecule is CN(C)CCOc1cc(N)cc(N)c1N. The van der Waals surface area contributed by atoms with Crippen molar-refractivity contribution in [3.63, 3.8) is 0 Å². The van der Waals surface area contributed by atoms with Gasteiger partial charge in [-0.3, -0.25) is 0 Å². The molecule has 0 unspecified atom stereocenters. The number of nitrogens with two attached hydrogens (primary N) is 3. The molecule has 0 atom stereocenters. The second-order valence-corrected chi connectivity index (χ2v) is 3.67. The third-order valence-corrected chi connectivity index (χ3v) is 1.99. The molecule has 0 fully saturated rings. The molecule has 0 saturated heterocycles. The van der Waals surface area contributed by atoms with Crippen LogP contribution in [-0.2, 0) is 0 Å². The number of benzene rings is 1. The number of nitrogens with zero attached hydrogens (tertiary/aromatic N) is 1. The Balaban J connectivity index is 2.68. The van der Waals surface area contributed by atoms with Crippen molar-refractivity contribution in [3.8, 4) is 5.75 Å². The first-order valence-corrected chi connectivity index (χ1v) is 4.72. The average Bonchev–Trinajstić information content (AvgIpc) is 2.12. The summed E-state index contributed by atoms with van der Waals surface area (Å²) in [6, 6.07) is 3.30. The van der Waals surface area contributed by atoms with Gasteiger partial charge in [-0.25, -0.2) is 0 Å². The average molecular weight is 210 g/mol. The highest BCUT2D eigenvalue weighted by atomic mass is 16.5. The molecule has 5 nitrogen and oxygen atoms in total. The number of likely N-dealkylation sites (N-methyl/N-ethyl adjacent to an activating group) is 1. The minimum Gasteiger partial charge on any atom is -0.490 e. The fourth-order valence-corrected chi connectivity index (χ4v) is 1.13. The van der Waals surface area contributed by atoms with Crippen molar-refractivity contribution >= 4 is 17.1 Å². The van der Waals surface area contributed by atoms with Gasteiger partial charge < -0.3 is 26.8 Å². The van der Waals surface area contributed by atoms with Gasteiger partial charge in [-0.05, 0) is 20.2 Å². The van der Waals surface area contributed by atoms with Gasteiger partial charge in [0, 0.05) is 18.3 Å². The van der Waals surface area contributed by atoms with Crippen LogP contribution in [0.3, 0.4) is 0 Å². The normalized spacial score (nSPS) is 10.6. The summed E-state index contributed by atoms with van der Waals surface area (Å²) in [6.07, 6.45) is 0. The van der Waals surface area contributed by atoms with Gasteiger partial charge in [0.1, 0.15) is 12.4 Å². The number of ether oxygens (including phenoxy) is 1. The first-order chi connectivity index (χ1) is 7.00. The number of anilines is 3. The van der Waals surface area contributed by atoms with Crippen LogP contribution >= 0.6 is 0 Å². The van der Waals surface area contributed by atoms with Crippen LogP contribution in [-0.4, -0.2) is 32.1 Å². The summed E-state index contributed by atoms with van der Waals surface area (Å²) >= 11 is 0. The molecule has 0 aliphatic rings. The van der Waals surface area contributed by atoms with Gasteiger partial charge in [-0.2, -0.15) is 0 Å². The van der Waals surface area contributed by atoms with Crippen LogP contribution in [0, 0.1) is 0 Å². The second-order valence-electron chi connectivity index (χ2n) is 3.67. The molecule has 0 aliphatic heterocycles. The van der Waals surface area contributed by atoms with Gasteiger partial charge in [0.25, 0.3) is 0 Å². The predicted octanol–water partition coefficient (Wildman–Crippen LogP) is 0.374. The third-order valence-electron chi connectivity index (χ3n) is 1.99. The molecule has 0 heterocycles. The van der Waals surface area contributed by atoms with E-state index in [1.165, 1.54) is 0 Å². The Morgan fingerprint density at radius 3 is 2.47 bits per heavy atom. The molecule has 0 amide bonds. The van der Waals surface area contributed by atoms with Crippen molar-refractivity contribution in [2.75, 3.05) is 44.4 Å². The van der Waals surface area contributed by atoms with E-state index in [0.29, 0.717) is 29.4 Å². The van der Waals surface area contributed by atoms with E-state index in [9.17, 15) is 0 Å². The zero-order valence-electron chi connectivity index (χ0n) is 9.16. The van der Waals surface area contributed by atoms with Gasteiger partial charge in [-0.15, -0.1) is 0 Å². The maximum Gasteiger partial charge on any atom is 0.146 e. The lowest BCUT2D eigenvalue weighted by Gasteiger charge is -2.14. The number of hydrogen-bond donors (Lipinski definition) is 3. The molecule has 6 N–H and O–H groups in total. The lowest BCUT2D eigenvalue weighted by Crippen LogP contribution is -2.19. The summed E-state index contributed by atoms with van der Waals surface area (Å²) < 4.78 is 5.48. The lowest BCUT2D eigenvalue weighted by atomic mass is 10.2. The monoisotopic (exact) mass is 210 g/mol. The van der Waals surface area contributed by atoms with Crippen molar-refractivity contribution < 1.29 is 4.74 Å². The van der Waals surface area contributed by atoms with E-state index in [0.717, 1.165) is 6.54 Å². The van der Waals surface area contributed by atoms with Gasteiger partial charge in [0.15, 0.2) is 0 Å². The lowest BCUT2D eigenvalue weighted by molar-refractivity contribution is 0.262. The zero-order chi connectivity index (χ0) is 11.4. The maximum absolute atomic E-state index is 5.75. The molecule has 0 radical (unpaired) electrons. The quantitative estimate of drug-likeness (QED) is 0.625. The molecule has 0 aliphatic carbocycles. The standard InChI is InChI=1S/C10H18N4O/c1-14(2)3-4-15-9-6-7(11)5-8(12)10(9)13/h5-6H,3-4,11-13H2,1-2H3. The highest BCUT2D eigenvalue weighted by molar-refractivity contribution is 5.75. The summed E-state index contributed by atoms with van der Waals surface area (Å²) in [6.45, 7) is 1.37. The maximum atomic E-state index is 5.75. The molecule has 0 saturated carbocycles. The van der Waals surface area contributed by atoms with Crippen LogP contribution in [0.15, 0.2) is 12.1 Å². The molecular formula is C10H18N4O. The second kappa shape index (κ2) is 4.75. The molecule has 0 aromatic heterocycles. The zero-order valence-corrected chi connectivity index (χ0v) is 9.16. The highest BCUT2D eigenvalue weighted by Crippen LogP contribution is 2.30. The van der Waals surface area contributed by atoms with E-state index in [1.807, 2.05) is 19.0 Å². The summed E-state index contributed by atoms with van der Waals surface area (Å²) in [4.78, 5) is 2.02. The molecule has 0 bridgehead atoms. The van der Waals surface area contributed by atoms with E-state index in [1.54, 1.807) is 12.1 Å². The molecule has 1 aromatic rings. The van der Waals surface area contributed by atoms with Gasteiger partial charge in [-0.1, -0.05) is 0 Å². The van der Waals surface area contributed by atoms with Crippen LogP contribution < -0.4 is 21.9 Å². The largest absolute Gasteiger partial charge is 0.490 e. The number of hydrogen-bond acceptors (Lipinski definition) is 5. The minimum absolute atomic E-state index is 0.447. The molecule has 84 valence electrons. The van der Waals surface area contributed by atoms with Gasteiger partial charge in [0.2, 0.25) is 0 Å². The van der Waals surface area contributed by atoms with Crippen molar-refractivity contribution in [1.82, 2.24) is 4.90 Å². The van der Waals surface area contributed by atoms with E-state index in [-0.39, 0.29) is 0 Å². The summed E-state index contributed by atoms with van der Waals surface area (Å²) in [7, 11) is 3.95. The Bertz CT molecular complexity index is 338. The Kier molecular flexibility index (Phi) is 3.62. The molecule has 1 rings (SSSR count). The fourth-order valence-electron chi connectivity index (χ4n) is 1.13. The smallest absolute Gasteiger partial charge is 0.146 e. The fraction of sp³-hybridized carbons (Fsp3) is 0.400. The van der Waals surface area contributed by atoms with Crippen LogP contribution in [0.1, 0.15) is 0 Å². The summed E-state index contributed by atoms with van der Waals surface area (Å²) in [5, 5.41) is 0. The first-order valence-electron chi connectivity index (χ1n) is 4.72. The van der Waals surface area contributed by atoms with Crippen molar-refractivity contribution in [2.24, 2.45) is 0 Å². The molecule has 15 heavy (non-hydrogen) atoms. The van der Waals surface area contributed by atoms with Crippen LogP contribution in [0.25, 0.3) is 0 Å². The predicted molar refractivity (Wildman–Crippen MR) is 63.7 cm³/mol. The van der Waals surface area contributed by atoms with E-state index in [2.05, 4.69) is 0 Å². The van der Waals surface area contributed by atoms with Crippen molar-refractivity contribution in [2.45, 2.75) is 0 Å². The first kappa shape index (κ1) is 11.5. The Hall–Kier alpha value is -1.62. The summed E-state index contributed by atoms with van der Waals surface area (Å²) in [5.41, 5.74) is 18.5. The Morgan fingerprint density at radius 2 is 1.87 bits per heavy atom. The van der Waals surface area contributed by atoms with E-state index >= 15 is 0 Å². The molecule has 0 spiro atoms.